The molecule has 0 saturated heterocycles. The molecule has 0 radical (unpaired) electrons. The smallest absolute Gasteiger partial charge is 0.229 e. The molecular formula is C24H24FN3O2. The quantitative estimate of drug-likeness (QED) is 0.610. The van der Waals surface area contributed by atoms with Crippen molar-refractivity contribution in [3.05, 3.63) is 71.8 Å². The van der Waals surface area contributed by atoms with Crippen LogP contribution in [0.2, 0.25) is 0 Å². The number of phenolic OH excluding ortho intramolecular Hbond substituents is 1. The van der Waals surface area contributed by atoms with Gasteiger partial charge in [0, 0.05) is 11.5 Å². The zero-order chi connectivity index (χ0) is 20.9. The molecule has 0 atom stereocenters. The molecule has 2 aromatic carbocycles. The molecule has 2 N–H and O–H groups in total. The van der Waals surface area contributed by atoms with Crippen LogP contribution in [0.4, 0.5) is 10.2 Å². The van der Waals surface area contributed by atoms with Crippen LogP contribution in [-0.4, -0.2) is 21.0 Å². The number of amides is 1. The zero-order valence-corrected chi connectivity index (χ0v) is 16.6. The average molecular weight is 405 g/mol. The molecule has 0 bridgehead atoms. The van der Waals surface area contributed by atoms with Crippen molar-refractivity contribution >= 4 is 11.7 Å². The molecule has 3 aromatic rings. The van der Waals surface area contributed by atoms with Gasteiger partial charge in [0.25, 0.3) is 0 Å². The summed E-state index contributed by atoms with van der Waals surface area (Å²) < 4.78 is 13.1. The first-order chi connectivity index (χ1) is 14.6. The number of carbonyl (C=O) groups excluding carboxylic acids is 1. The summed E-state index contributed by atoms with van der Waals surface area (Å²) in [6.07, 6.45) is 7.33. The summed E-state index contributed by atoms with van der Waals surface area (Å²) in [6.45, 7) is 0. The van der Waals surface area contributed by atoms with Crippen LogP contribution in [0.5, 0.6) is 5.75 Å². The van der Waals surface area contributed by atoms with E-state index in [1.54, 1.807) is 42.6 Å². The van der Waals surface area contributed by atoms with E-state index in [-0.39, 0.29) is 29.8 Å². The van der Waals surface area contributed by atoms with E-state index in [0.717, 1.165) is 42.5 Å². The van der Waals surface area contributed by atoms with E-state index < -0.39 is 0 Å². The number of nitrogens with zero attached hydrogens (tertiary/aromatic N) is 2. The molecule has 1 aliphatic rings. The van der Waals surface area contributed by atoms with Gasteiger partial charge in [-0.05, 0) is 54.8 Å². The number of anilines is 1. The second kappa shape index (κ2) is 9.03. The minimum absolute atomic E-state index is 0.145. The van der Waals surface area contributed by atoms with E-state index in [0.29, 0.717) is 11.5 Å². The van der Waals surface area contributed by atoms with Crippen molar-refractivity contribution in [1.82, 2.24) is 9.97 Å². The van der Waals surface area contributed by atoms with Gasteiger partial charge in [-0.15, -0.1) is 0 Å². The van der Waals surface area contributed by atoms with Gasteiger partial charge in [0.2, 0.25) is 5.91 Å². The van der Waals surface area contributed by atoms with Crippen molar-refractivity contribution < 1.29 is 14.3 Å². The van der Waals surface area contributed by atoms with Gasteiger partial charge < -0.3 is 10.4 Å². The Morgan fingerprint density at radius 3 is 2.43 bits per heavy atom. The molecule has 1 heterocycles. The van der Waals surface area contributed by atoms with Crippen molar-refractivity contribution in [2.75, 3.05) is 5.32 Å². The third-order valence-electron chi connectivity index (χ3n) is 5.49. The molecule has 154 valence electrons. The maximum atomic E-state index is 13.1. The maximum Gasteiger partial charge on any atom is 0.229 e. The monoisotopic (exact) mass is 405 g/mol. The van der Waals surface area contributed by atoms with E-state index in [9.17, 15) is 14.3 Å². The molecule has 0 aliphatic heterocycles. The number of hydrogen-bond acceptors (Lipinski definition) is 4. The number of phenols is 1. The summed E-state index contributed by atoms with van der Waals surface area (Å²) in [5, 5.41) is 12.4. The third-order valence-corrected chi connectivity index (χ3v) is 5.49. The van der Waals surface area contributed by atoms with Crippen molar-refractivity contribution in [3.8, 4) is 17.0 Å². The Balaban J connectivity index is 1.59. The molecule has 1 amide bonds. The largest absolute Gasteiger partial charge is 0.508 e. The third kappa shape index (κ3) is 4.82. The van der Waals surface area contributed by atoms with Crippen LogP contribution in [0.25, 0.3) is 11.3 Å². The van der Waals surface area contributed by atoms with Crippen LogP contribution in [0.15, 0.2) is 54.7 Å². The normalized spacial score (nSPS) is 14.4. The minimum atomic E-state index is -0.325. The predicted octanol–water partition coefficient (Wildman–Crippen LogP) is 5.22. The highest BCUT2D eigenvalue weighted by molar-refractivity contribution is 5.92. The van der Waals surface area contributed by atoms with E-state index in [1.807, 2.05) is 0 Å². The Hall–Kier alpha value is -3.28. The molecule has 5 nitrogen and oxygen atoms in total. The molecular weight excluding hydrogens is 381 g/mol. The van der Waals surface area contributed by atoms with Crippen molar-refractivity contribution in [1.29, 1.82) is 0 Å². The standard InChI is InChI=1S/C24H24FN3O2/c25-19-10-6-16(7-11-19)14-22(30)28-24-23(18-4-2-1-3-5-18)27-21(15-26-24)17-8-12-20(29)13-9-17/h6-13,15,18,29H,1-5,14H2,(H,26,28,30). The fraction of sp³-hybridized carbons (Fsp3) is 0.292. The molecule has 4 rings (SSSR count). The summed E-state index contributed by atoms with van der Waals surface area (Å²) >= 11 is 0. The number of rotatable bonds is 5. The number of halogens is 1. The lowest BCUT2D eigenvalue weighted by Gasteiger charge is -2.23. The zero-order valence-electron chi connectivity index (χ0n) is 16.6. The summed E-state index contributed by atoms with van der Waals surface area (Å²) in [7, 11) is 0. The van der Waals surface area contributed by atoms with Gasteiger partial charge in [-0.3, -0.25) is 4.79 Å². The molecule has 6 heteroatoms. The van der Waals surface area contributed by atoms with Crippen LogP contribution >= 0.6 is 0 Å². The topological polar surface area (TPSA) is 75.1 Å². The number of benzene rings is 2. The minimum Gasteiger partial charge on any atom is -0.508 e. The summed E-state index contributed by atoms with van der Waals surface area (Å²) in [6, 6.07) is 12.8. The Bertz CT molecular complexity index is 1010. The first-order valence-corrected chi connectivity index (χ1v) is 10.3. The molecule has 0 spiro atoms. The predicted molar refractivity (Wildman–Crippen MR) is 114 cm³/mol. The Kier molecular flexibility index (Phi) is 6.02. The molecule has 1 fully saturated rings. The Labute approximate surface area is 175 Å². The molecule has 1 aliphatic carbocycles. The Morgan fingerprint density at radius 2 is 1.73 bits per heavy atom. The second-order valence-corrected chi connectivity index (χ2v) is 7.72. The number of aromatic hydroxyl groups is 1. The first-order valence-electron chi connectivity index (χ1n) is 10.3. The number of hydrogen-bond donors (Lipinski definition) is 2. The fourth-order valence-electron chi connectivity index (χ4n) is 3.90. The van der Waals surface area contributed by atoms with Crippen molar-refractivity contribution in [2.24, 2.45) is 0 Å². The SMILES string of the molecule is O=C(Cc1ccc(F)cc1)Nc1ncc(-c2ccc(O)cc2)nc1C1CCCCC1. The lowest BCUT2D eigenvalue weighted by molar-refractivity contribution is -0.115. The number of carbonyl (C=O) groups is 1. The van der Waals surface area contributed by atoms with Crippen LogP contribution in [0, 0.1) is 5.82 Å². The molecule has 1 aromatic heterocycles. The van der Waals surface area contributed by atoms with Crippen LogP contribution in [-0.2, 0) is 11.2 Å². The number of nitrogens with one attached hydrogen (secondary N) is 1. The van der Waals surface area contributed by atoms with Gasteiger partial charge in [0.15, 0.2) is 5.82 Å². The second-order valence-electron chi connectivity index (χ2n) is 7.72. The van der Waals surface area contributed by atoms with Gasteiger partial charge in [0.05, 0.1) is 24.0 Å². The van der Waals surface area contributed by atoms with Crippen molar-refractivity contribution in [3.63, 3.8) is 0 Å². The highest BCUT2D eigenvalue weighted by Crippen LogP contribution is 2.35. The lowest BCUT2D eigenvalue weighted by atomic mass is 9.86. The van der Waals surface area contributed by atoms with Crippen molar-refractivity contribution in [2.45, 2.75) is 44.4 Å². The highest BCUT2D eigenvalue weighted by Gasteiger charge is 2.23. The van der Waals surface area contributed by atoms with E-state index in [1.165, 1.54) is 18.6 Å². The fourth-order valence-corrected chi connectivity index (χ4v) is 3.90. The van der Waals surface area contributed by atoms with Crippen LogP contribution in [0.3, 0.4) is 0 Å². The number of aromatic nitrogens is 2. The Morgan fingerprint density at radius 1 is 1.03 bits per heavy atom. The maximum absolute atomic E-state index is 13.1. The van der Waals surface area contributed by atoms with Gasteiger partial charge in [-0.1, -0.05) is 31.4 Å². The van der Waals surface area contributed by atoms with Gasteiger partial charge in [-0.25, -0.2) is 14.4 Å². The van der Waals surface area contributed by atoms with Crippen LogP contribution < -0.4 is 5.32 Å². The first kappa shape index (κ1) is 20.0. The summed E-state index contributed by atoms with van der Waals surface area (Å²) in [5.74, 6) is 0.421. The van der Waals surface area contributed by atoms with E-state index in [2.05, 4.69) is 10.3 Å². The molecule has 0 unspecified atom stereocenters. The van der Waals surface area contributed by atoms with Gasteiger partial charge in [-0.2, -0.15) is 0 Å². The van der Waals surface area contributed by atoms with E-state index >= 15 is 0 Å². The highest BCUT2D eigenvalue weighted by atomic mass is 19.1. The average Bonchev–Trinajstić information content (AvgIpc) is 2.77. The van der Waals surface area contributed by atoms with Crippen LogP contribution in [0.1, 0.15) is 49.3 Å². The summed E-state index contributed by atoms with van der Waals surface area (Å²) in [5.41, 5.74) is 3.13. The van der Waals surface area contributed by atoms with Gasteiger partial charge >= 0.3 is 0 Å². The molecule has 1 saturated carbocycles. The molecule has 30 heavy (non-hydrogen) atoms. The van der Waals surface area contributed by atoms with Gasteiger partial charge in [0.1, 0.15) is 11.6 Å². The van der Waals surface area contributed by atoms with E-state index in [4.69, 9.17) is 4.98 Å². The lowest BCUT2D eigenvalue weighted by Crippen LogP contribution is -2.19. The summed E-state index contributed by atoms with van der Waals surface area (Å²) in [4.78, 5) is 22.0.